The molecule has 1 aromatic rings. The fraction of sp³-hybridized carbons (Fsp3) is 0.682. The third kappa shape index (κ3) is 5.15. The van der Waals surface area contributed by atoms with Gasteiger partial charge < -0.3 is 23.4 Å². The Hall–Kier alpha value is -1.09. The van der Waals surface area contributed by atoms with Gasteiger partial charge in [0.15, 0.2) is 32.3 Å². The second kappa shape index (κ2) is 8.21. The summed E-state index contributed by atoms with van der Waals surface area (Å²) in [6.45, 7) is 14.7. The predicted molar refractivity (Wildman–Crippen MR) is 112 cm³/mol. The van der Waals surface area contributed by atoms with Crippen molar-refractivity contribution >= 4 is 14.1 Å². The first-order chi connectivity index (χ1) is 13.4. The standard InChI is InChI=1S/C22H34O6Si/c1-21(2,3)29(6,7)25-14-16(23)17-18(24-13-15-11-9-8-10-12-15)19-20(26-17)28-22(4,5)27-19/h8-12,17-20H,13-14H2,1-7H3/t17-,18-,19-,20-/m1/s1. The van der Waals surface area contributed by atoms with Crippen LogP contribution >= 0.6 is 0 Å². The fourth-order valence-electron chi connectivity index (χ4n) is 3.24. The van der Waals surface area contributed by atoms with Gasteiger partial charge in [-0.05, 0) is 37.5 Å². The first kappa shape index (κ1) is 22.6. The van der Waals surface area contributed by atoms with Crippen LogP contribution in [-0.2, 0) is 34.8 Å². The topological polar surface area (TPSA) is 63.2 Å². The van der Waals surface area contributed by atoms with Crippen molar-refractivity contribution in [2.45, 2.75) is 89.7 Å². The molecular weight excluding hydrogens is 388 g/mol. The maximum atomic E-state index is 13.0. The maximum Gasteiger partial charge on any atom is 0.192 e. The summed E-state index contributed by atoms with van der Waals surface area (Å²) >= 11 is 0. The van der Waals surface area contributed by atoms with Gasteiger partial charge in [-0.3, -0.25) is 4.79 Å². The molecule has 0 saturated carbocycles. The normalized spacial score (nSPS) is 29.1. The van der Waals surface area contributed by atoms with Gasteiger partial charge in [0.1, 0.15) is 12.2 Å². The average Bonchev–Trinajstić information content (AvgIpc) is 3.09. The van der Waals surface area contributed by atoms with E-state index < -0.39 is 38.7 Å². The molecule has 0 spiro atoms. The Morgan fingerprint density at radius 2 is 1.79 bits per heavy atom. The highest BCUT2D eigenvalue weighted by Crippen LogP contribution is 2.40. The van der Waals surface area contributed by atoms with E-state index in [4.69, 9.17) is 23.4 Å². The zero-order valence-corrected chi connectivity index (χ0v) is 19.6. The molecule has 0 N–H and O–H groups in total. The summed E-state index contributed by atoms with van der Waals surface area (Å²) in [4.78, 5) is 13.0. The number of fused-ring (bicyclic) bond motifs is 1. The molecule has 162 valence electrons. The number of carbonyl (C=O) groups is 1. The quantitative estimate of drug-likeness (QED) is 0.618. The number of ketones is 1. The van der Waals surface area contributed by atoms with E-state index >= 15 is 0 Å². The van der Waals surface area contributed by atoms with Crippen LogP contribution in [0.15, 0.2) is 30.3 Å². The molecule has 2 aliphatic rings. The van der Waals surface area contributed by atoms with E-state index in [0.29, 0.717) is 6.61 Å². The van der Waals surface area contributed by atoms with Crippen LogP contribution in [0.3, 0.4) is 0 Å². The summed E-state index contributed by atoms with van der Waals surface area (Å²) < 4.78 is 30.0. The molecule has 2 aliphatic heterocycles. The molecule has 2 fully saturated rings. The van der Waals surface area contributed by atoms with Crippen molar-refractivity contribution in [1.29, 1.82) is 0 Å². The predicted octanol–water partition coefficient (Wildman–Crippen LogP) is 4.04. The Bertz CT molecular complexity index is 712. The van der Waals surface area contributed by atoms with Gasteiger partial charge in [0.2, 0.25) is 0 Å². The lowest BCUT2D eigenvalue weighted by atomic mass is 10.1. The molecule has 2 saturated heterocycles. The molecule has 2 heterocycles. The molecule has 3 rings (SSSR count). The zero-order chi connectivity index (χ0) is 21.4. The Kier molecular flexibility index (Phi) is 6.39. The van der Waals surface area contributed by atoms with Crippen LogP contribution < -0.4 is 0 Å². The van der Waals surface area contributed by atoms with Crippen molar-refractivity contribution in [2.75, 3.05) is 6.61 Å². The van der Waals surface area contributed by atoms with Crippen LogP contribution in [0.4, 0.5) is 0 Å². The van der Waals surface area contributed by atoms with Crippen LogP contribution in [0, 0.1) is 0 Å². The summed E-state index contributed by atoms with van der Waals surface area (Å²) in [6.07, 6.45) is -2.38. The molecule has 6 nitrogen and oxygen atoms in total. The van der Waals surface area contributed by atoms with Crippen molar-refractivity contribution in [1.82, 2.24) is 0 Å². The van der Waals surface area contributed by atoms with E-state index in [1.165, 1.54) is 0 Å². The van der Waals surface area contributed by atoms with E-state index in [2.05, 4.69) is 33.9 Å². The second-order valence-electron chi connectivity index (χ2n) is 9.80. The van der Waals surface area contributed by atoms with Crippen molar-refractivity contribution < 1.29 is 28.2 Å². The summed E-state index contributed by atoms with van der Waals surface area (Å²) in [5.74, 6) is -0.901. The van der Waals surface area contributed by atoms with Gasteiger partial charge >= 0.3 is 0 Å². The number of hydrogen-bond donors (Lipinski definition) is 0. The highest BCUT2D eigenvalue weighted by molar-refractivity contribution is 6.74. The third-order valence-corrected chi connectivity index (χ3v) is 10.5. The number of ether oxygens (including phenoxy) is 4. The van der Waals surface area contributed by atoms with Gasteiger partial charge in [-0.15, -0.1) is 0 Å². The van der Waals surface area contributed by atoms with E-state index in [9.17, 15) is 4.79 Å². The number of benzene rings is 1. The van der Waals surface area contributed by atoms with E-state index in [1.54, 1.807) is 0 Å². The van der Waals surface area contributed by atoms with Crippen molar-refractivity contribution in [3.8, 4) is 0 Å². The van der Waals surface area contributed by atoms with E-state index in [1.807, 2.05) is 44.2 Å². The number of Topliss-reactive ketones (excluding diaryl/α,β-unsaturated/α-hetero) is 1. The lowest BCUT2D eigenvalue weighted by Crippen LogP contribution is -2.46. The number of rotatable bonds is 7. The van der Waals surface area contributed by atoms with Gasteiger partial charge in [0.25, 0.3) is 0 Å². The molecule has 1 aromatic carbocycles. The maximum absolute atomic E-state index is 13.0. The molecule has 0 aliphatic carbocycles. The molecule has 29 heavy (non-hydrogen) atoms. The molecule has 7 heteroatoms. The Balaban J connectivity index is 1.69. The molecule has 0 aromatic heterocycles. The van der Waals surface area contributed by atoms with E-state index in [-0.39, 0.29) is 17.4 Å². The minimum atomic E-state index is -2.04. The Morgan fingerprint density at radius 1 is 1.14 bits per heavy atom. The minimum absolute atomic E-state index is 0.00912. The van der Waals surface area contributed by atoms with Crippen molar-refractivity contribution in [2.24, 2.45) is 0 Å². The van der Waals surface area contributed by atoms with Crippen molar-refractivity contribution in [3.05, 3.63) is 35.9 Å². The van der Waals surface area contributed by atoms with Gasteiger partial charge in [-0.25, -0.2) is 0 Å². The monoisotopic (exact) mass is 422 g/mol. The lowest BCUT2D eigenvalue weighted by molar-refractivity contribution is -0.218. The minimum Gasteiger partial charge on any atom is -0.409 e. The van der Waals surface area contributed by atoms with Crippen LogP contribution in [0.2, 0.25) is 18.1 Å². The van der Waals surface area contributed by atoms with Crippen LogP contribution in [0.5, 0.6) is 0 Å². The fourth-order valence-corrected chi connectivity index (χ4v) is 4.17. The molecule has 0 bridgehead atoms. The second-order valence-corrected chi connectivity index (χ2v) is 14.6. The number of hydrogen-bond acceptors (Lipinski definition) is 6. The van der Waals surface area contributed by atoms with Crippen LogP contribution in [0.25, 0.3) is 0 Å². The first-order valence-corrected chi connectivity index (χ1v) is 13.1. The van der Waals surface area contributed by atoms with Crippen LogP contribution in [0.1, 0.15) is 40.2 Å². The Labute approximate surface area is 174 Å². The van der Waals surface area contributed by atoms with Gasteiger partial charge in [-0.1, -0.05) is 51.1 Å². The molecule has 0 unspecified atom stereocenters. The summed E-state index contributed by atoms with van der Waals surface area (Å²) in [5, 5.41) is 0.0276. The summed E-state index contributed by atoms with van der Waals surface area (Å²) in [7, 11) is -2.04. The molecule has 0 amide bonds. The highest BCUT2D eigenvalue weighted by atomic mass is 28.4. The Morgan fingerprint density at radius 3 is 2.41 bits per heavy atom. The zero-order valence-electron chi connectivity index (χ0n) is 18.6. The lowest BCUT2D eigenvalue weighted by Gasteiger charge is -2.36. The third-order valence-electron chi connectivity index (χ3n) is 5.98. The van der Waals surface area contributed by atoms with Gasteiger partial charge in [0.05, 0.1) is 13.2 Å². The van der Waals surface area contributed by atoms with Gasteiger partial charge in [0, 0.05) is 0 Å². The van der Waals surface area contributed by atoms with Gasteiger partial charge in [-0.2, -0.15) is 0 Å². The molecule has 0 radical (unpaired) electrons. The summed E-state index contributed by atoms with van der Waals surface area (Å²) in [5.41, 5.74) is 1.03. The first-order valence-electron chi connectivity index (χ1n) is 10.2. The summed E-state index contributed by atoms with van der Waals surface area (Å²) in [6, 6.07) is 9.85. The molecule has 4 atom stereocenters. The van der Waals surface area contributed by atoms with Crippen LogP contribution in [-0.4, -0.2) is 51.1 Å². The molecular formula is C22H34O6Si. The largest absolute Gasteiger partial charge is 0.409 e. The van der Waals surface area contributed by atoms with E-state index in [0.717, 1.165) is 5.56 Å². The smallest absolute Gasteiger partial charge is 0.192 e. The SMILES string of the molecule is CC1(C)O[C@H]2O[C@H](C(=O)CO[Si](C)(C)C(C)(C)C)[C@@H](OCc3ccccc3)[C@H]2O1. The number of carbonyl (C=O) groups excluding carboxylic acids is 1. The van der Waals surface area contributed by atoms with Crippen molar-refractivity contribution in [3.63, 3.8) is 0 Å². The average molecular weight is 423 g/mol. The highest BCUT2D eigenvalue weighted by Gasteiger charge is 2.57.